The fourth-order valence-corrected chi connectivity index (χ4v) is 1.26. The molecule has 0 unspecified atom stereocenters. The predicted molar refractivity (Wildman–Crippen MR) is 55.0 cm³/mol. The number of nitrogens with one attached hydrogen (secondary N) is 1. The van der Waals surface area contributed by atoms with E-state index in [-0.39, 0.29) is 0 Å². The number of carbonyl (C=O) groups excluding carboxylic acids is 1. The van der Waals surface area contributed by atoms with Gasteiger partial charge in [0.15, 0.2) is 11.6 Å². The third kappa shape index (κ3) is 3.29. The number of hydrazine groups is 1. The van der Waals surface area contributed by atoms with Crippen molar-refractivity contribution in [2.24, 2.45) is 5.84 Å². The maximum atomic E-state index is 13.6. The van der Waals surface area contributed by atoms with Crippen molar-refractivity contribution in [1.82, 2.24) is 9.88 Å². The van der Waals surface area contributed by atoms with E-state index in [2.05, 4.69) is 4.98 Å². The first kappa shape index (κ1) is 14.2. The molecule has 0 saturated heterocycles. The van der Waals surface area contributed by atoms with Crippen LogP contribution in [0.2, 0.25) is 0 Å². The number of carbonyl (C=O) groups is 1. The minimum atomic E-state index is -4.55. The number of nitrogens with zero attached hydrogens (tertiary/aromatic N) is 2. The van der Waals surface area contributed by atoms with Gasteiger partial charge >= 0.3 is 6.18 Å². The molecule has 0 fully saturated rings. The zero-order valence-electron chi connectivity index (χ0n) is 9.25. The summed E-state index contributed by atoms with van der Waals surface area (Å²) in [6, 6.07) is 0.978. The lowest BCUT2D eigenvalue weighted by Gasteiger charge is -2.19. The van der Waals surface area contributed by atoms with E-state index in [0.29, 0.717) is 4.90 Å². The van der Waals surface area contributed by atoms with E-state index in [1.807, 2.05) is 5.43 Å². The molecule has 1 aromatic rings. The maximum Gasteiger partial charge on any atom is 0.406 e. The van der Waals surface area contributed by atoms with Crippen LogP contribution in [-0.2, 0) is 0 Å². The summed E-state index contributed by atoms with van der Waals surface area (Å²) < 4.78 is 49.9. The topological polar surface area (TPSA) is 71.2 Å². The predicted octanol–water partition coefficient (Wildman–Crippen LogP) is 1.14. The van der Waals surface area contributed by atoms with E-state index in [9.17, 15) is 22.4 Å². The number of pyridine rings is 1. The number of hydrogen-bond donors (Lipinski definition) is 2. The fraction of sp³-hybridized carbons (Fsp3) is 0.333. The highest BCUT2D eigenvalue weighted by Gasteiger charge is 2.32. The van der Waals surface area contributed by atoms with Gasteiger partial charge in [-0.25, -0.2) is 15.2 Å². The number of aromatic nitrogens is 1. The van der Waals surface area contributed by atoms with Crippen molar-refractivity contribution < 1.29 is 22.4 Å². The standard InChI is InChI=1S/C9H10F4N4O/c1-17(4-9(11,12)13)8(18)5-2-3-15-7(16-14)6(5)10/h2-3H,4,14H2,1H3,(H,15,16). The van der Waals surface area contributed by atoms with Gasteiger partial charge in [-0.2, -0.15) is 13.2 Å². The van der Waals surface area contributed by atoms with Gasteiger partial charge in [0.05, 0.1) is 5.56 Å². The van der Waals surface area contributed by atoms with E-state index in [0.717, 1.165) is 19.3 Å². The quantitative estimate of drug-likeness (QED) is 0.489. The molecule has 0 saturated carbocycles. The second kappa shape index (κ2) is 5.17. The SMILES string of the molecule is CN(CC(F)(F)F)C(=O)c1ccnc(NN)c1F. The number of anilines is 1. The van der Waals surface area contributed by atoms with Crippen LogP contribution in [0, 0.1) is 5.82 Å². The molecule has 1 rings (SSSR count). The second-order valence-corrected chi connectivity index (χ2v) is 3.44. The van der Waals surface area contributed by atoms with E-state index in [1.54, 1.807) is 0 Å². The average molecular weight is 266 g/mol. The molecule has 9 heteroatoms. The lowest BCUT2D eigenvalue weighted by molar-refractivity contribution is -0.138. The molecule has 0 aromatic carbocycles. The molecule has 3 N–H and O–H groups in total. The van der Waals surface area contributed by atoms with Gasteiger partial charge in [0.1, 0.15) is 6.54 Å². The van der Waals surface area contributed by atoms with Crippen LogP contribution >= 0.6 is 0 Å². The maximum absolute atomic E-state index is 13.6. The molecule has 100 valence electrons. The third-order valence-corrected chi connectivity index (χ3v) is 2.02. The molecule has 18 heavy (non-hydrogen) atoms. The van der Waals surface area contributed by atoms with Gasteiger partial charge in [0, 0.05) is 13.2 Å². The molecule has 1 aromatic heterocycles. The number of nitrogens with two attached hydrogens (primary N) is 1. The summed E-state index contributed by atoms with van der Waals surface area (Å²) >= 11 is 0. The largest absolute Gasteiger partial charge is 0.406 e. The monoisotopic (exact) mass is 266 g/mol. The molecule has 1 heterocycles. The lowest BCUT2D eigenvalue weighted by atomic mass is 10.2. The Balaban J connectivity index is 2.97. The van der Waals surface area contributed by atoms with Crippen molar-refractivity contribution in [3.05, 3.63) is 23.6 Å². The molecule has 0 atom stereocenters. The summed E-state index contributed by atoms with van der Waals surface area (Å²) in [5.41, 5.74) is 1.36. The van der Waals surface area contributed by atoms with Crippen molar-refractivity contribution >= 4 is 11.7 Å². The molecule has 0 spiro atoms. The van der Waals surface area contributed by atoms with E-state index in [4.69, 9.17) is 5.84 Å². The van der Waals surface area contributed by atoms with Crippen molar-refractivity contribution in [1.29, 1.82) is 0 Å². The van der Waals surface area contributed by atoms with Crippen LogP contribution in [0.1, 0.15) is 10.4 Å². The second-order valence-electron chi connectivity index (χ2n) is 3.44. The molecule has 0 aliphatic heterocycles. The van der Waals surface area contributed by atoms with Crippen LogP contribution in [0.5, 0.6) is 0 Å². The Kier molecular flexibility index (Phi) is 4.07. The molecular formula is C9H10F4N4O. The molecule has 0 aliphatic carbocycles. The molecule has 5 nitrogen and oxygen atoms in total. The number of nitrogen functional groups attached to an aromatic ring is 1. The number of alkyl halides is 3. The minimum Gasteiger partial charge on any atom is -0.333 e. The molecule has 0 aliphatic rings. The first-order valence-corrected chi connectivity index (χ1v) is 4.69. The number of hydrogen-bond acceptors (Lipinski definition) is 4. The highest BCUT2D eigenvalue weighted by atomic mass is 19.4. The van der Waals surface area contributed by atoms with Crippen LogP contribution in [0.15, 0.2) is 12.3 Å². The summed E-state index contributed by atoms with van der Waals surface area (Å²) in [6.45, 7) is -1.47. The van der Waals surface area contributed by atoms with Crippen LogP contribution in [0.25, 0.3) is 0 Å². The third-order valence-electron chi connectivity index (χ3n) is 2.02. The first-order chi connectivity index (χ1) is 8.26. The lowest BCUT2D eigenvalue weighted by Crippen LogP contribution is -2.36. The first-order valence-electron chi connectivity index (χ1n) is 4.69. The minimum absolute atomic E-state index is 0.360. The highest BCUT2D eigenvalue weighted by molar-refractivity contribution is 5.95. The normalized spacial score (nSPS) is 11.2. The van der Waals surface area contributed by atoms with Gasteiger partial charge in [0.2, 0.25) is 0 Å². The van der Waals surface area contributed by atoms with Gasteiger partial charge in [-0.1, -0.05) is 0 Å². The van der Waals surface area contributed by atoms with Crippen LogP contribution in [-0.4, -0.2) is 35.6 Å². The number of rotatable bonds is 3. The van der Waals surface area contributed by atoms with Gasteiger partial charge in [-0.15, -0.1) is 0 Å². The summed E-state index contributed by atoms with van der Waals surface area (Å²) in [4.78, 5) is 15.4. The zero-order valence-corrected chi connectivity index (χ0v) is 9.25. The Morgan fingerprint density at radius 2 is 2.17 bits per heavy atom. The van der Waals surface area contributed by atoms with Crippen molar-refractivity contribution in [2.45, 2.75) is 6.18 Å². The smallest absolute Gasteiger partial charge is 0.333 e. The van der Waals surface area contributed by atoms with Gasteiger partial charge in [-0.05, 0) is 6.07 Å². The highest BCUT2D eigenvalue weighted by Crippen LogP contribution is 2.19. The fourth-order valence-electron chi connectivity index (χ4n) is 1.26. The van der Waals surface area contributed by atoms with Gasteiger partial charge in [0.25, 0.3) is 5.91 Å². The Hall–Kier alpha value is -1.90. The van der Waals surface area contributed by atoms with E-state index >= 15 is 0 Å². The Morgan fingerprint density at radius 3 is 2.67 bits per heavy atom. The van der Waals surface area contributed by atoms with Crippen LogP contribution in [0.3, 0.4) is 0 Å². The van der Waals surface area contributed by atoms with Crippen LogP contribution in [0.4, 0.5) is 23.4 Å². The molecule has 0 bridgehead atoms. The molecular weight excluding hydrogens is 256 g/mol. The summed E-state index contributed by atoms with van der Waals surface area (Å²) in [7, 11) is 0.922. The average Bonchev–Trinajstić information content (AvgIpc) is 2.26. The van der Waals surface area contributed by atoms with Crippen molar-refractivity contribution in [3.8, 4) is 0 Å². The molecule has 1 amide bonds. The zero-order chi connectivity index (χ0) is 13.9. The van der Waals surface area contributed by atoms with E-state index in [1.165, 1.54) is 0 Å². The van der Waals surface area contributed by atoms with Gasteiger partial charge in [-0.3, -0.25) is 4.79 Å². The summed E-state index contributed by atoms with van der Waals surface area (Å²) in [5.74, 6) is 2.32. The number of amides is 1. The molecule has 0 radical (unpaired) electrons. The Morgan fingerprint density at radius 1 is 1.56 bits per heavy atom. The Labute approximate surface area is 99.6 Å². The summed E-state index contributed by atoms with van der Waals surface area (Å²) in [6.07, 6.45) is -3.49. The van der Waals surface area contributed by atoms with Crippen molar-refractivity contribution in [2.75, 3.05) is 19.0 Å². The van der Waals surface area contributed by atoms with Crippen LogP contribution < -0.4 is 11.3 Å². The Bertz CT molecular complexity index is 449. The summed E-state index contributed by atoms with van der Waals surface area (Å²) in [5, 5.41) is 0. The number of halogens is 4. The van der Waals surface area contributed by atoms with Crippen molar-refractivity contribution in [3.63, 3.8) is 0 Å². The van der Waals surface area contributed by atoms with E-state index < -0.39 is 35.8 Å². The van der Waals surface area contributed by atoms with Gasteiger partial charge < -0.3 is 10.3 Å².